The van der Waals surface area contributed by atoms with Gasteiger partial charge in [0, 0.05) is 42.6 Å². The lowest BCUT2D eigenvalue weighted by Crippen LogP contribution is -2.48. The predicted molar refractivity (Wildman–Crippen MR) is 134 cm³/mol. The third-order valence-electron chi connectivity index (χ3n) is 5.59. The first-order chi connectivity index (χ1) is 15.9. The van der Waals surface area contributed by atoms with Crippen LogP contribution in [0.5, 0.6) is 5.75 Å². The molecule has 1 aromatic heterocycles. The van der Waals surface area contributed by atoms with Crippen LogP contribution in [0, 0.1) is 13.8 Å². The fourth-order valence-electron chi connectivity index (χ4n) is 3.81. The Bertz CT molecular complexity index is 1100. The molecule has 6 nitrogen and oxygen atoms in total. The summed E-state index contributed by atoms with van der Waals surface area (Å²) in [6.45, 7) is 6.67. The van der Waals surface area contributed by atoms with Crippen molar-refractivity contribution in [3.05, 3.63) is 74.9 Å². The minimum Gasteiger partial charge on any atom is -0.484 e. The zero-order chi connectivity index (χ0) is 23.4. The van der Waals surface area contributed by atoms with E-state index in [0.29, 0.717) is 29.5 Å². The van der Waals surface area contributed by atoms with Crippen LogP contribution in [0.1, 0.15) is 20.8 Å². The maximum atomic E-state index is 12.5. The Hall–Kier alpha value is -3.03. The first-order valence-corrected chi connectivity index (χ1v) is 12.0. The van der Waals surface area contributed by atoms with E-state index in [1.807, 2.05) is 72.7 Å². The number of anilines is 2. The van der Waals surface area contributed by atoms with Gasteiger partial charge in [-0.15, -0.1) is 11.3 Å². The summed E-state index contributed by atoms with van der Waals surface area (Å²) in [5, 5.41) is 5.50. The first kappa shape index (κ1) is 23.1. The topological polar surface area (TPSA) is 61.9 Å². The summed E-state index contributed by atoms with van der Waals surface area (Å²) in [5.74, 6) is 0.499. The number of piperazine rings is 1. The van der Waals surface area contributed by atoms with Gasteiger partial charge in [0.05, 0.1) is 4.88 Å². The van der Waals surface area contributed by atoms with Gasteiger partial charge >= 0.3 is 0 Å². The van der Waals surface area contributed by atoms with Gasteiger partial charge in [0.25, 0.3) is 11.8 Å². The van der Waals surface area contributed by atoms with Crippen LogP contribution in [0.15, 0.2) is 53.9 Å². The number of nitrogens with zero attached hydrogens (tertiary/aromatic N) is 2. The Balaban J connectivity index is 1.26. The molecule has 1 aliphatic heterocycles. The summed E-state index contributed by atoms with van der Waals surface area (Å²) < 4.78 is 5.62. The number of amides is 2. The largest absolute Gasteiger partial charge is 0.484 e. The number of rotatable bonds is 6. The number of benzene rings is 2. The van der Waals surface area contributed by atoms with E-state index < -0.39 is 0 Å². The van der Waals surface area contributed by atoms with Crippen molar-refractivity contribution in [2.45, 2.75) is 13.8 Å². The third kappa shape index (κ3) is 5.67. The van der Waals surface area contributed by atoms with Crippen LogP contribution in [0.2, 0.25) is 5.02 Å². The number of nitrogens with one attached hydrogen (secondary N) is 1. The molecule has 172 valence electrons. The van der Waals surface area contributed by atoms with E-state index in [0.717, 1.165) is 34.8 Å². The average molecular weight is 484 g/mol. The van der Waals surface area contributed by atoms with E-state index in [9.17, 15) is 9.59 Å². The van der Waals surface area contributed by atoms with E-state index in [1.165, 1.54) is 11.3 Å². The lowest BCUT2D eigenvalue weighted by atomic mass is 10.1. The number of hydrogen-bond acceptors (Lipinski definition) is 5. The lowest BCUT2D eigenvalue weighted by molar-refractivity contribution is -0.118. The smallest absolute Gasteiger partial charge is 0.264 e. The summed E-state index contributed by atoms with van der Waals surface area (Å²) in [6.07, 6.45) is 0. The fourth-order valence-corrected chi connectivity index (χ4v) is 4.61. The highest BCUT2D eigenvalue weighted by Crippen LogP contribution is 2.26. The van der Waals surface area contributed by atoms with Gasteiger partial charge in [-0.1, -0.05) is 17.7 Å². The zero-order valence-electron chi connectivity index (χ0n) is 18.6. The standard InChI is InChI=1S/C25H26ClN3O3S/c1-17-14-21(15-18(2)24(17)26)32-16-23(30)27-19-5-7-20(8-6-19)28-9-11-29(12-10-28)25(31)22-4-3-13-33-22/h3-8,13-15H,9-12,16H2,1-2H3,(H,27,30). The van der Waals surface area contributed by atoms with Crippen LogP contribution < -0.4 is 15.0 Å². The predicted octanol–water partition coefficient (Wildman–Crippen LogP) is 5.00. The Labute approximate surface area is 202 Å². The van der Waals surface area contributed by atoms with Gasteiger partial charge in [-0.25, -0.2) is 0 Å². The Morgan fingerprint density at radius 3 is 2.30 bits per heavy atom. The van der Waals surface area contributed by atoms with Crippen molar-refractivity contribution in [1.29, 1.82) is 0 Å². The first-order valence-electron chi connectivity index (χ1n) is 10.8. The van der Waals surface area contributed by atoms with Gasteiger partial charge in [-0.2, -0.15) is 0 Å². The molecule has 2 heterocycles. The molecule has 1 fully saturated rings. The zero-order valence-corrected chi connectivity index (χ0v) is 20.2. The van der Waals surface area contributed by atoms with Crippen molar-refractivity contribution in [3.63, 3.8) is 0 Å². The lowest BCUT2D eigenvalue weighted by Gasteiger charge is -2.36. The summed E-state index contributed by atoms with van der Waals surface area (Å²) in [7, 11) is 0. The SMILES string of the molecule is Cc1cc(OCC(=O)Nc2ccc(N3CCN(C(=O)c4cccs4)CC3)cc2)cc(C)c1Cl. The number of thiophene rings is 1. The van der Waals surface area contributed by atoms with Crippen LogP contribution in [0.4, 0.5) is 11.4 Å². The maximum Gasteiger partial charge on any atom is 0.264 e. The van der Waals surface area contributed by atoms with E-state index in [2.05, 4.69) is 10.2 Å². The monoisotopic (exact) mass is 483 g/mol. The number of hydrogen-bond donors (Lipinski definition) is 1. The molecule has 1 aliphatic rings. The Kier molecular flexibility index (Phi) is 7.20. The normalized spacial score (nSPS) is 13.7. The van der Waals surface area contributed by atoms with Crippen LogP contribution in [0.25, 0.3) is 0 Å². The van der Waals surface area contributed by atoms with Crippen LogP contribution >= 0.6 is 22.9 Å². The Morgan fingerprint density at radius 2 is 1.70 bits per heavy atom. The third-order valence-corrected chi connectivity index (χ3v) is 7.05. The van der Waals surface area contributed by atoms with E-state index in [4.69, 9.17) is 16.3 Å². The fraction of sp³-hybridized carbons (Fsp3) is 0.280. The molecular weight excluding hydrogens is 458 g/mol. The molecule has 0 atom stereocenters. The molecule has 0 saturated carbocycles. The molecule has 0 unspecified atom stereocenters. The molecule has 2 amide bonds. The number of aryl methyl sites for hydroxylation is 2. The second-order valence-corrected chi connectivity index (χ2v) is 9.34. The highest BCUT2D eigenvalue weighted by Gasteiger charge is 2.22. The number of carbonyl (C=O) groups excluding carboxylic acids is 2. The van der Waals surface area contributed by atoms with Crippen molar-refractivity contribution in [1.82, 2.24) is 4.90 Å². The number of ether oxygens (including phenoxy) is 1. The summed E-state index contributed by atoms with van der Waals surface area (Å²) in [4.78, 5) is 29.7. The number of carbonyl (C=O) groups is 2. The average Bonchev–Trinajstić information content (AvgIpc) is 3.36. The molecule has 33 heavy (non-hydrogen) atoms. The molecule has 1 saturated heterocycles. The van der Waals surface area contributed by atoms with Crippen molar-refractivity contribution < 1.29 is 14.3 Å². The van der Waals surface area contributed by atoms with Crippen LogP contribution in [-0.2, 0) is 4.79 Å². The summed E-state index contributed by atoms with van der Waals surface area (Å²) in [6, 6.07) is 15.2. The molecule has 0 bridgehead atoms. The maximum absolute atomic E-state index is 12.5. The molecule has 0 spiro atoms. The second kappa shape index (κ2) is 10.3. The van der Waals surface area contributed by atoms with Crippen molar-refractivity contribution in [2.75, 3.05) is 43.0 Å². The summed E-state index contributed by atoms with van der Waals surface area (Å²) >= 11 is 7.65. The summed E-state index contributed by atoms with van der Waals surface area (Å²) in [5.41, 5.74) is 3.61. The highest BCUT2D eigenvalue weighted by molar-refractivity contribution is 7.12. The van der Waals surface area contributed by atoms with Gasteiger partial charge in [-0.05, 0) is 72.8 Å². The number of halogens is 1. The Morgan fingerprint density at radius 1 is 1.03 bits per heavy atom. The van der Waals surface area contributed by atoms with E-state index >= 15 is 0 Å². The molecule has 3 aromatic rings. The van der Waals surface area contributed by atoms with Gasteiger partial charge in [0.15, 0.2) is 6.61 Å². The molecule has 2 aromatic carbocycles. The minimum atomic E-state index is -0.228. The molecule has 1 N–H and O–H groups in total. The van der Waals surface area contributed by atoms with Crippen LogP contribution in [0.3, 0.4) is 0 Å². The van der Waals surface area contributed by atoms with E-state index in [-0.39, 0.29) is 18.4 Å². The van der Waals surface area contributed by atoms with Crippen molar-refractivity contribution in [2.24, 2.45) is 0 Å². The van der Waals surface area contributed by atoms with Gasteiger partial charge < -0.3 is 19.9 Å². The van der Waals surface area contributed by atoms with Crippen molar-refractivity contribution in [3.8, 4) is 5.75 Å². The van der Waals surface area contributed by atoms with Crippen LogP contribution in [-0.4, -0.2) is 49.5 Å². The van der Waals surface area contributed by atoms with E-state index in [1.54, 1.807) is 0 Å². The molecule has 8 heteroatoms. The molecular formula is C25H26ClN3O3S. The molecule has 0 radical (unpaired) electrons. The van der Waals surface area contributed by atoms with Gasteiger partial charge in [0.1, 0.15) is 5.75 Å². The second-order valence-electron chi connectivity index (χ2n) is 8.01. The quantitative estimate of drug-likeness (QED) is 0.536. The van der Waals surface area contributed by atoms with Crippen molar-refractivity contribution >= 4 is 46.1 Å². The molecule has 4 rings (SSSR count). The van der Waals surface area contributed by atoms with Gasteiger partial charge in [-0.3, -0.25) is 9.59 Å². The molecule has 0 aliphatic carbocycles. The minimum absolute atomic E-state index is 0.0809. The highest BCUT2D eigenvalue weighted by atomic mass is 35.5. The van der Waals surface area contributed by atoms with Gasteiger partial charge in [0.2, 0.25) is 0 Å².